The topological polar surface area (TPSA) is 83.4 Å². The van der Waals surface area contributed by atoms with Crippen LogP contribution in [0.2, 0.25) is 0 Å². The van der Waals surface area contributed by atoms with Crippen LogP contribution in [0, 0.1) is 13.8 Å². The van der Waals surface area contributed by atoms with Gasteiger partial charge < -0.3 is 5.11 Å². The summed E-state index contributed by atoms with van der Waals surface area (Å²) in [5.41, 5.74) is 4.83. The zero-order valence-corrected chi connectivity index (χ0v) is 16.1. The fraction of sp³-hybridized carbons (Fsp3) is 0.143. The number of aromatic nitrogens is 2. The van der Waals surface area contributed by atoms with Gasteiger partial charge in [0.1, 0.15) is 11.3 Å². The Bertz CT molecular complexity index is 1070. The molecule has 0 unspecified atom stereocenters. The summed E-state index contributed by atoms with van der Waals surface area (Å²) in [6, 6.07) is 13.9. The smallest absolute Gasteiger partial charge is 0.301 e. The molecule has 1 aromatic heterocycles. The predicted molar refractivity (Wildman–Crippen MR) is 107 cm³/mol. The summed E-state index contributed by atoms with van der Waals surface area (Å²) < 4.78 is 0. The van der Waals surface area contributed by atoms with Crippen LogP contribution in [0.1, 0.15) is 28.3 Å². The second kappa shape index (κ2) is 7.01. The molecule has 2 aromatic carbocycles. The van der Waals surface area contributed by atoms with Crippen molar-refractivity contribution in [2.75, 3.05) is 4.90 Å². The Balaban J connectivity index is 1.93. The van der Waals surface area contributed by atoms with Crippen molar-refractivity contribution in [2.24, 2.45) is 0 Å². The lowest BCUT2D eigenvalue weighted by molar-refractivity contribution is -0.132. The van der Waals surface area contributed by atoms with Crippen LogP contribution in [0.25, 0.3) is 5.76 Å². The quantitative estimate of drug-likeness (QED) is 0.417. The Kier molecular flexibility index (Phi) is 4.52. The molecular weight excluding hydrogens is 374 g/mol. The van der Waals surface area contributed by atoms with Crippen molar-refractivity contribution in [3.8, 4) is 0 Å². The number of carbonyl (C=O) groups is 2. The van der Waals surface area contributed by atoms with Crippen LogP contribution >= 0.6 is 11.3 Å². The molecule has 0 bridgehead atoms. The van der Waals surface area contributed by atoms with Crippen LogP contribution in [0.4, 0.5) is 5.13 Å². The molecule has 6 nitrogen and oxygen atoms in total. The van der Waals surface area contributed by atoms with E-state index in [1.165, 1.54) is 21.7 Å². The lowest BCUT2D eigenvalue weighted by Gasteiger charge is -2.22. The van der Waals surface area contributed by atoms with Gasteiger partial charge >= 0.3 is 5.91 Å². The predicted octanol–water partition coefficient (Wildman–Crippen LogP) is 3.78. The number of hydrogen-bond acceptors (Lipinski definition) is 6. The van der Waals surface area contributed by atoms with E-state index in [-0.39, 0.29) is 11.3 Å². The second-order valence-electron chi connectivity index (χ2n) is 6.67. The van der Waals surface area contributed by atoms with Crippen molar-refractivity contribution in [3.05, 3.63) is 81.9 Å². The molecule has 1 amide bonds. The van der Waals surface area contributed by atoms with Crippen molar-refractivity contribution in [1.29, 1.82) is 0 Å². The minimum Gasteiger partial charge on any atom is -0.507 e. The number of Topliss-reactive ketones (excluding diaryl/α,β-unsaturated/α-hetero) is 1. The molecule has 140 valence electrons. The Hall–Kier alpha value is -3.32. The SMILES string of the molecule is Cc1ccc(C(O)=C2C(=O)C(=O)N(c3nncs3)[C@@H]2c2ccc(C)cc2)cc1. The molecule has 2 heterocycles. The number of anilines is 1. The van der Waals surface area contributed by atoms with Gasteiger partial charge in [-0.1, -0.05) is 71.0 Å². The molecule has 1 atom stereocenters. The van der Waals surface area contributed by atoms with E-state index < -0.39 is 17.7 Å². The van der Waals surface area contributed by atoms with E-state index in [1.54, 1.807) is 12.1 Å². The van der Waals surface area contributed by atoms with E-state index in [2.05, 4.69) is 10.2 Å². The van der Waals surface area contributed by atoms with E-state index in [0.717, 1.165) is 11.1 Å². The molecule has 1 aliphatic heterocycles. The van der Waals surface area contributed by atoms with Gasteiger partial charge in [-0.15, -0.1) is 10.2 Å². The van der Waals surface area contributed by atoms with Crippen molar-refractivity contribution in [2.45, 2.75) is 19.9 Å². The van der Waals surface area contributed by atoms with Gasteiger partial charge in [-0.25, -0.2) is 0 Å². The molecule has 1 fully saturated rings. The van der Waals surface area contributed by atoms with Gasteiger partial charge in [0, 0.05) is 5.56 Å². The van der Waals surface area contributed by atoms with Gasteiger partial charge in [-0.2, -0.15) is 0 Å². The lowest BCUT2D eigenvalue weighted by atomic mass is 9.94. The molecule has 0 aliphatic carbocycles. The molecule has 7 heteroatoms. The molecule has 0 spiro atoms. The van der Waals surface area contributed by atoms with Crippen LogP contribution in [0.3, 0.4) is 0 Å². The number of aliphatic hydroxyl groups is 1. The summed E-state index contributed by atoms with van der Waals surface area (Å²) >= 11 is 1.17. The number of aliphatic hydroxyl groups excluding tert-OH is 1. The van der Waals surface area contributed by atoms with Crippen LogP contribution in [-0.2, 0) is 9.59 Å². The molecule has 0 saturated carbocycles. The first-order valence-electron chi connectivity index (χ1n) is 8.68. The molecular formula is C21H17N3O3S. The number of carbonyl (C=O) groups excluding carboxylic acids is 2. The fourth-order valence-corrected chi connectivity index (χ4v) is 3.82. The molecule has 28 heavy (non-hydrogen) atoms. The number of nitrogens with zero attached hydrogens (tertiary/aromatic N) is 3. The highest BCUT2D eigenvalue weighted by Crippen LogP contribution is 2.42. The number of ketones is 1. The third kappa shape index (κ3) is 2.99. The number of rotatable bonds is 3. The highest BCUT2D eigenvalue weighted by Gasteiger charge is 2.48. The Morgan fingerprint density at radius 2 is 1.61 bits per heavy atom. The average molecular weight is 391 g/mol. The number of aryl methyl sites for hydroxylation is 2. The molecule has 1 aliphatic rings. The van der Waals surface area contributed by atoms with Gasteiger partial charge in [0.2, 0.25) is 5.13 Å². The van der Waals surface area contributed by atoms with E-state index in [1.807, 2.05) is 50.2 Å². The third-order valence-electron chi connectivity index (χ3n) is 4.72. The van der Waals surface area contributed by atoms with Gasteiger partial charge in [0.25, 0.3) is 5.78 Å². The minimum absolute atomic E-state index is 0.0490. The summed E-state index contributed by atoms with van der Waals surface area (Å²) in [5.74, 6) is -1.66. The van der Waals surface area contributed by atoms with Crippen molar-refractivity contribution < 1.29 is 14.7 Å². The second-order valence-corrected chi connectivity index (χ2v) is 7.48. The van der Waals surface area contributed by atoms with Crippen LogP contribution in [0.5, 0.6) is 0 Å². The first-order valence-corrected chi connectivity index (χ1v) is 9.56. The van der Waals surface area contributed by atoms with E-state index >= 15 is 0 Å². The maximum absolute atomic E-state index is 12.9. The lowest BCUT2D eigenvalue weighted by Crippen LogP contribution is -2.29. The fourth-order valence-electron chi connectivity index (χ4n) is 3.23. The monoisotopic (exact) mass is 391 g/mol. The van der Waals surface area contributed by atoms with Gasteiger partial charge in [-0.3, -0.25) is 14.5 Å². The number of hydrogen-bond donors (Lipinski definition) is 1. The first-order chi connectivity index (χ1) is 13.5. The van der Waals surface area contributed by atoms with E-state index in [4.69, 9.17) is 0 Å². The summed E-state index contributed by atoms with van der Waals surface area (Å²) in [6.07, 6.45) is 0. The van der Waals surface area contributed by atoms with Crippen molar-refractivity contribution >= 4 is 33.9 Å². The van der Waals surface area contributed by atoms with Gasteiger partial charge in [0.05, 0.1) is 11.6 Å². The van der Waals surface area contributed by atoms with Crippen LogP contribution in [-0.4, -0.2) is 27.0 Å². The van der Waals surface area contributed by atoms with Gasteiger partial charge in [-0.05, 0) is 19.4 Å². The minimum atomic E-state index is -0.769. The van der Waals surface area contributed by atoms with Crippen LogP contribution < -0.4 is 4.90 Å². The molecule has 0 radical (unpaired) electrons. The summed E-state index contributed by atoms with van der Waals surface area (Å²) in [5, 5.41) is 19.0. The van der Waals surface area contributed by atoms with Crippen LogP contribution in [0.15, 0.2) is 59.6 Å². The Labute approximate surface area is 165 Å². The summed E-state index contributed by atoms with van der Waals surface area (Å²) in [6.45, 7) is 3.89. The first kappa shape index (κ1) is 18.1. The number of amides is 1. The summed E-state index contributed by atoms with van der Waals surface area (Å²) in [4.78, 5) is 27.0. The zero-order chi connectivity index (χ0) is 19.8. The van der Waals surface area contributed by atoms with Crippen molar-refractivity contribution in [3.63, 3.8) is 0 Å². The van der Waals surface area contributed by atoms with E-state index in [9.17, 15) is 14.7 Å². The summed E-state index contributed by atoms with van der Waals surface area (Å²) in [7, 11) is 0. The largest absolute Gasteiger partial charge is 0.507 e. The van der Waals surface area contributed by atoms with Crippen molar-refractivity contribution in [1.82, 2.24) is 10.2 Å². The maximum atomic E-state index is 12.9. The third-order valence-corrected chi connectivity index (χ3v) is 5.41. The highest BCUT2D eigenvalue weighted by molar-refractivity contribution is 7.13. The molecule has 1 N–H and O–H groups in total. The standard InChI is InChI=1S/C21H17N3O3S/c1-12-3-7-14(8-4-12)17-16(18(25)15-9-5-13(2)6-10-15)19(26)20(27)24(17)21-23-22-11-28-21/h3-11,17,25H,1-2H3/t17-/m1/s1. The maximum Gasteiger partial charge on any atom is 0.301 e. The van der Waals surface area contributed by atoms with Gasteiger partial charge in [0.15, 0.2) is 0 Å². The Morgan fingerprint density at radius 3 is 2.18 bits per heavy atom. The zero-order valence-electron chi connectivity index (χ0n) is 15.3. The molecule has 4 rings (SSSR count). The molecule has 1 saturated heterocycles. The molecule has 3 aromatic rings. The Morgan fingerprint density at radius 1 is 1.00 bits per heavy atom. The highest BCUT2D eigenvalue weighted by atomic mass is 32.1. The number of benzene rings is 2. The van der Waals surface area contributed by atoms with E-state index in [0.29, 0.717) is 16.3 Å². The average Bonchev–Trinajstić information content (AvgIpc) is 3.30. The normalized spacial score (nSPS) is 18.6.